The standard InChI is InChI=1S/C24H26N4O3/c29-24(19-14-25-10-7-20(19)26-11-6-17-4-2-1-3-5-17)28-12-8-22-21(15-28)27-23(31-22)18-9-13-30-16-18/h1-5,7,10,14,18H,6,8-9,11-13,15-16H2,(H,25,26). The molecule has 2 aliphatic heterocycles. The number of nitrogens with one attached hydrogen (secondary N) is 1. The van der Waals surface area contributed by atoms with Gasteiger partial charge >= 0.3 is 0 Å². The van der Waals surface area contributed by atoms with Crippen molar-refractivity contribution in [2.24, 2.45) is 0 Å². The number of benzene rings is 1. The van der Waals surface area contributed by atoms with E-state index in [2.05, 4.69) is 22.4 Å². The normalized spacial score (nSPS) is 18.1. The van der Waals surface area contributed by atoms with Crippen LogP contribution in [0.2, 0.25) is 0 Å². The number of hydrogen-bond acceptors (Lipinski definition) is 6. The van der Waals surface area contributed by atoms with Gasteiger partial charge in [-0.3, -0.25) is 9.78 Å². The fraction of sp³-hybridized carbons (Fsp3) is 0.375. The quantitative estimate of drug-likeness (QED) is 0.661. The van der Waals surface area contributed by atoms with E-state index in [1.165, 1.54) is 5.56 Å². The first kappa shape index (κ1) is 19.8. The Hall–Kier alpha value is -3.19. The molecule has 2 aliphatic rings. The number of ether oxygens (including phenoxy) is 1. The SMILES string of the molecule is O=C(c1cnccc1NCCc1ccccc1)N1CCc2oc(C3CCOC3)nc2C1. The van der Waals surface area contributed by atoms with Gasteiger partial charge in [0, 0.05) is 38.5 Å². The molecule has 0 aliphatic carbocycles. The van der Waals surface area contributed by atoms with Crippen LogP contribution in [0, 0.1) is 0 Å². The minimum atomic E-state index is -0.0327. The third kappa shape index (κ3) is 4.32. The summed E-state index contributed by atoms with van der Waals surface area (Å²) in [5, 5.41) is 3.41. The van der Waals surface area contributed by atoms with Gasteiger partial charge in [-0.15, -0.1) is 0 Å². The summed E-state index contributed by atoms with van der Waals surface area (Å²) in [7, 11) is 0. The third-order valence-electron chi connectivity index (χ3n) is 5.93. The Morgan fingerprint density at radius 2 is 2.13 bits per heavy atom. The molecule has 1 saturated heterocycles. The molecule has 5 rings (SSSR count). The first-order valence-electron chi connectivity index (χ1n) is 10.9. The number of amides is 1. The molecule has 4 heterocycles. The van der Waals surface area contributed by atoms with Gasteiger partial charge in [0.25, 0.3) is 5.91 Å². The zero-order valence-corrected chi connectivity index (χ0v) is 17.4. The Labute approximate surface area is 181 Å². The van der Waals surface area contributed by atoms with Gasteiger partial charge in [0.2, 0.25) is 0 Å². The van der Waals surface area contributed by atoms with Crippen LogP contribution in [0.4, 0.5) is 5.69 Å². The first-order valence-corrected chi connectivity index (χ1v) is 10.9. The summed E-state index contributed by atoms with van der Waals surface area (Å²) in [5.74, 6) is 1.85. The molecule has 1 unspecified atom stereocenters. The summed E-state index contributed by atoms with van der Waals surface area (Å²) in [6, 6.07) is 12.2. The zero-order valence-electron chi connectivity index (χ0n) is 17.4. The molecule has 1 amide bonds. The second kappa shape index (κ2) is 8.89. The molecule has 160 valence electrons. The average molecular weight is 418 g/mol. The van der Waals surface area contributed by atoms with Crippen molar-refractivity contribution >= 4 is 11.6 Å². The summed E-state index contributed by atoms with van der Waals surface area (Å²) in [6.07, 6.45) is 5.86. The number of hydrogen-bond donors (Lipinski definition) is 1. The molecule has 7 heteroatoms. The van der Waals surface area contributed by atoms with Crippen molar-refractivity contribution in [2.75, 3.05) is 31.6 Å². The molecule has 7 nitrogen and oxygen atoms in total. The molecule has 0 radical (unpaired) electrons. The summed E-state index contributed by atoms with van der Waals surface area (Å²) < 4.78 is 11.4. The van der Waals surface area contributed by atoms with E-state index in [0.717, 1.165) is 49.0 Å². The van der Waals surface area contributed by atoms with Crippen molar-refractivity contribution in [1.82, 2.24) is 14.9 Å². The molecular weight excluding hydrogens is 392 g/mol. The number of aromatic nitrogens is 2. The Kier molecular flexibility index (Phi) is 5.67. The van der Waals surface area contributed by atoms with Crippen LogP contribution in [0.1, 0.15) is 45.6 Å². The summed E-state index contributed by atoms with van der Waals surface area (Å²) in [5.41, 5.74) is 3.52. The maximum atomic E-state index is 13.3. The highest BCUT2D eigenvalue weighted by Crippen LogP contribution is 2.29. The highest BCUT2D eigenvalue weighted by molar-refractivity contribution is 5.99. The van der Waals surface area contributed by atoms with Crippen LogP contribution in [0.25, 0.3) is 0 Å². The highest BCUT2D eigenvalue weighted by Gasteiger charge is 2.30. The van der Waals surface area contributed by atoms with Crippen LogP contribution < -0.4 is 5.32 Å². The van der Waals surface area contributed by atoms with Gasteiger partial charge in [-0.2, -0.15) is 0 Å². The largest absolute Gasteiger partial charge is 0.445 e. The number of pyridine rings is 1. The lowest BCUT2D eigenvalue weighted by Gasteiger charge is -2.26. The van der Waals surface area contributed by atoms with Gasteiger partial charge in [-0.05, 0) is 24.5 Å². The van der Waals surface area contributed by atoms with Gasteiger partial charge in [-0.25, -0.2) is 4.98 Å². The molecule has 1 N–H and O–H groups in total. The molecule has 0 saturated carbocycles. The summed E-state index contributed by atoms with van der Waals surface area (Å²) in [4.78, 5) is 24.0. The van der Waals surface area contributed by atoms with Crippen LogP contribution in [-0.2, 0) is 24.1 Å². The highest BCUT2D eigenvalue weighted by atomic mass is 16.5. The Morgan fingerprint density at radius 1 is 1.23 bits per heavy atom. The predicted molar refractivity (Wildman–Crippen MR) is 116 cm³/mol. The number of anilines is 1. The lowest BCUT2D eigenvalue weighted by molar-refractivity contribution is 0.0728. The van der Waals surface area contributed by atoms with Gasteiger partial charge in [-0.1, -0.05) is 30.3 Å². The van der Waals surface area contributed by atoms with Gasteiger partial charge in [0.15, 0.2) is 5.89 Å². The molecule has 1 aromatic carbocycles. The van der Waals surface area contributed by atoms with Crippen molar-refractivity contribution in [3.05, 3.63) is 77.3 Å². The fourth-order valence-corrected chi connectivity index (χ4v) is 4.17. The van der Waals surface area contributed by atoms with Crippen LogP contribution in [0.3, 0.4) is 0 Å². The zero-order chi connectivity index (χ0) is 21.0. The summed E-state index contributed by atoms with van der Waals surface area (Å²) in [6.45, 7) is 3.23. The molecule has 1 atom stereocenters. The van der Waals surface area contributed by atoms with E-state index in [9.17, 15) is 4.79 Å². The van der Waals surface area contributed by atoms with E-state index in [1.54, 1.807) is 12.4 Å². The Bertz CT molecular complexity index is 1040. The summed E-state index contributed by atoms with van der Waals surface area (Å²) >= 11 is 0. The number of carbonyl (C=O) groups excluding carboxylic acids is 1. The number of nitrogens with zero attached hydrogens (tertiary/aromatic N) is 3. The number of carbonyl (C=O) groups is 1. The third-order valence-corrected chi connectivity index (χ3v) is 5.93. The van der Waals surface area contributed by atoms with Crippen molar-refractivity contribution < 1.29 is 13.9 Å². The lowest BCUT2D eigenvalue weighted by atomic mass is 10.1. The van der Waals surface area contributed by atoms with Crippen molar-refractivity contribution in [1.29, 1.82) is 0 Å². The van der Waals surface area contributed by atoms with E-state index in [4.69, 9.17) is 14.1 Å². The van der Waals surface area contributed by atoms with Crippen molar-refractivity contribution in [3.8, 4) is 0 Å². The van der Waals surface area contributed by atoms with Gasteiger partial charge in [0.1, 0.15) is 11.5 Å². The maximum absolute atomic E-state index is 13.3. The first-order chi connectivity index (χ1) is 15.3. The molecule has 3 aromatic rings. The van der Waals surface area contributed by atoms with E-state index in [0.29, 0.717) is 31.7 Å². The van der Waals surface area contributed by atoms with Gasteiger partial charge in [0.05, 0.1) is 30.3 Å². The smallest absolute Gasteiger partial charge is 0.257 e. The van der Waals surface area contributed by atoms with Crippen LogP contribution in [0.15, 0.2) is 53.2 Å². The number of rotatable bonds is 6. The Balaban J connectivity index is 1.26. The second-order valence-electron chi connectivity index (χ2n) is 8.04. The maximum Gasteiger partial charge on any atom is 0.257 e. The number of oxazole rings is 1. The average Bonchev–Trinajstić information content (AvgIpc) is 3.49. The van der Waals surface area contributed by atoms with Gasteiger partial charge < -0.3 is 19.4 Å². The van der Waals surface area contributed by atoms with E-state index in [-0.39, 0.29) is 11.8 Å². The van der Waals surface area contributed by atoms with E-state index >= 15 is 0 Å². The predicted octanol–water partition coefficient (Wildman–Crippen LogP) is 3.43. The molecule has 1 fully saturated rings. The van der Waals surface area contributed by atoms with Crippen molar-refractivity contribution in [2.45, 2.75) is 31.7 Å². The van der Waals surface area contributed by atoms with Crippen LogP contribution >= 0.6 is 0 Å². The minimum Gasteiger partial charge on any atom is -0.445 e. The molecular formula is C24H26N4O3. The molecule has 0 bridgehead atoms. The monoisotopic (exact) mass is 418 g/mol. The second-order valence-corrected chi connectivity index (χ2v) is 8.04. The molecule has 0 spiro atoms. The topological polar surface area (TPSA) is 80.5 Å². The van der Waals surface area contributed by atoms with Crippen molar-refractivity contribution in [3.63, 3.8) is 0 Å². The number of fused-ring (bicyclic) bond motifs is 1. The minimum absolute atomic E-state index is 0.0327. The molecule has 2 aromatic heterocycles. The van der Waals surface area contributed by atoms with E-state index in [1.807, 2.05) is 29.2 Å². The lowest BCUT2D eigenvalue weighted by Crippen LogP contribution is -2.36. The van der Waals surface area contributed by atoms with Crippen LogP contribution in [-0.4, -0.2) is 47.1 Å². The van der Waals surface area contributed by atoms with E-state index < -0.39 is 0 Å². The molecule has 31 heavy (non-hydrogen) atoms. The fourth-order valence-electron chi connectivity index (χ4n) is 4.17. The van der Waals surface area contributed by atoms with Crippen LogP contribution in [0.5, 0.6) is 0 Å². The Morgan fingerprint density at radius 3 is 2.97 bits per heavy atom.